The van der Waals surface area contributed by atoms with Crippen LogP contribution in [-0.4, -0.2) is 18.4 Å². The van der Waals surface area contributed by atoms with Gasteiger partial charge in [-0.3, -0.25) is 9.59 Å². The van der Waals surface area contributed by atoms with E-state index in [9.17, 15) is 9.59 Å². The largest absolute Gasteiger partial charge is 0.351 e. The molecule has 1 aromatic carbocycles. The minimum Gasteiger partial charge on any atom is -0.351 e. The van der Waals surface area contributed by atoms with E-state index in [0.717, 1.165) is 16.9 Å². The SMILES string of the molecule is CCCNC(=O)/C(=C/c1ccccc1)NC(=O)/C=C/c1cccs1. The molecule has 0 aliphatic heterocycles. The van der Waals surface area contributed by atoms with Crippen LogP contribution in [0.5, 0.6) is 0 Å². The van der Waals surface area contributed by atoms with Crippen LogP contribution in [0.3, 0.4) is 0 Å². The number of hydrogen-bond acceptors (Lipinski definition) is 3. The smallest absolute Gasteiger partial charge is 0.267 e. The number of amides is 2. The zero-order valence-corrected chi connectivity index (χ0v) is 14.3. The number of carbonyl (C=O) groups is 2. The minimum absolute atomic E-state index is 0.232. The second kappa shape index (κ2) is 9.47. The summed E-state index contributed by atoms with van der Waals surface area (Å²) in [6.45, 7) is 2.54. The van der Waals surface area contributed by atoms with Gasteiger partial charge in [0.05, 0.1) is 0 Å². The second-order valence-electron chi connectivity index (χ2n) is 5.06. The van der Waals surface area contributed by atoms with Crippen molar-refractivity contribution >= 4 is 35.3 Å². The van der Waals surface area contributed by atoms with Gasteiger partial charge < -0.3 is 10.6 Å². The first-order chi connectivity index (χ1) is 11.7. The molecule has 124 valence electrons. The number of thiophene rings is 1. The predicted octanol–water partition coefficient (Wildman–Crippen LogP) is 3.44. The lowest BCUT2D eigenvalue weighted by atomic mass is 10.2. The van der Waals surface area contributed by atoms with E-state index in [1.807, 2.05) is 54.8 Å². The van der Waals surface area contributed by atoms with Crippen molar-refractivity contribution in [3.63, 3.8) is 0 Å². The van der Waals surface area contributed by atoms with E-state index in [4.69, 9.17) is 0 Å². The third-order valence-corrected chi connectivity index (χ3v) is 3.93. The number of benzene rings is 1. The van der Waals surface area contributed by atoms with Gasteiger partial charge in [-0.15, -0.1) is 11.3 Å². The lowest BCUT2D eigenvalue weighted by Crippen LogP contribution is -2.34. The Morgan fingerprint density at radius 3 is 2.58 bits per heavy atom. The monoisotopic (exact) mass is 340 g/mol. The van der Waals surface area contributed by atoms with Crippen LogP contribution >= 0.6 is 11.3 Å². The fourth-order valence-electron chi connectivity index (χ4n) is 1.93. The Morgan fingerprint density at radius 2 is 1.92 bits per heavy atom. The molecule has 5 heteroatoms. The quantitative estimate of drug-likeness (QED) is 0.759. The van der Waals surface area contributed by atoms with E-state index in [2.05, 4.69) is 10.6 Å². The highest BCUT2D eigenvalue weighted by Gasteiger charge is 2.11. The summed E-state index contributed by atoms with van der Waals surface area (Å²) in [6.07, 6.45) is 5.65. The first kappa shape index (κ1) is 17.7. The summed E-state index contributed by atoms with van der Waals surface area (Å²) in [6, 6.07) is 13.3. The number of hydrogen-bond donors (Lipinski definition) is 2. The van der Waals surface area contributed by atoms with Crippen molar-refractivity contribution in [1.82, 2.24) is 10.6 Å². The molecule has 1 heterocycles. The topological polar surface area (TPSA) is 58.2 Å². The van der Waals surface area contributed by atoms with E-state index in [-0.39, 0.29) is 17.5 Å². The molecule has 4 nitrogen and oxygen atoms in total. The molecule has 1 aromatic heterocycles. The molecule has 24 heavy (non-hydrogen) atoms. The number of carbonyl (C=O) groups excluding carboxylic acids is 2. The van der Waals surface area contributed by atoms with Gasteiger partial charge >= 0.3 is 0 Å². The first-order valence-electron chi connectivity index (χ1n) is 7.76. The molecule has 0 saturated carbocycles. The molecule has 0 bridgehead atoms. The minimum atomic E-state index is -0.336. The summed E-state index contributed by atoms with van der Waals surface area (Å²) in [7, 11) is 0. The van der Waals surface area contributed by atoms with Gasteiger partial charge in [0.2, 0.25) is 5.91 Å². The van der Waals surface area contributed by atoms with Crippen LogP contribution in [-0.2, 0) is 9.59 Å². The van der Waals surface area contributed by atoms with Crippen molar-refractivity contribution in [3.8, 4) is 0 Å². The molecular weight excluding hydrogens is 320 g/mol. The van der Waals surface area contributed by atoms with Gasteiger partial charge in [-0.05, 0) is 35.6 Å². The van der Waals surface area contributed by atoms with Gasteiger partial charge in [0, 0.05) is 17.5 Å². The normalized spacial score (nSPS) is 11.5. The average molecular weight is 340 g/mol. The molecule has 0 spiro atoms. The van der Waals surface area contributed by atoms with Crippen molar-refractivity contribution in [2.75, 3.05) is 6.54 Å². The van der Waals surface area contributed by atoms with Crippen LogP contribution in [0.1, 0.15) is 23.8 Å². The van der Waals surface area contributed by atoms with Gasteiger partial charge in [-0.1, -0.05) is 43.3 Å². The summed E-state index contributed by atoms with van der Waals surface area (Å²) < 4.78 is 0. The van der Waals surface area contributed by atoms with Gasteiger partial charge in [0.1, 0.15) is 5.70 Å². The molecule has 0 saturated heterocycles. The molecule has 0 aliphatic carbocycles. The number of nitrogens with one attached hydrogen (secondary N) is 2. The fraction of sp³-hybridized carbons (Fsp3) is 0.158. The van der Waals surface area contributed by atoms with Gasteiger partial charge in [-0.2, -0.15) is 0 Å². The summed E-state index contributed by atoms with van der Waals surface area (Å²) in [4.78, 5) is 25.3. The average Bonchev–Trinajstić information content (AvgIpc) is 3.12. The summed E-state index contributed by atoms with van der Waals surface area (Å²) >= 11 is 1.54. The van der Waals surface area contributed by atoms with Gasteiger partial charge in [-0.25, -0.2) is 0 Å². The zero-order valence-electron chi connectivity index (χ0n) is 13.5. The molecule has 0 aliphatic rings. The van der Waals surface area contributed by atoms with E-state index in [1.165, 1.54) is 6.08 Å². The van der Waals surface area contributed by atoms with Crippen molar-refractivity contribution < 1.29 is 9.59 Å². The van der Waals surface area contributed by atoms with Crippen molar-refractivity contribution in [3.05, 3.63) is 70.1 Å². The first-order valence-corrected chi connectivity index (χ1v) is 8.64. The highest BCUT2D eigenvalue weighted by Crippen LogP contribution is 2.10. The Morgan fingerprint density at radius 1 is 1.12 bits per heavy atom. The summed E-state index contributed by atoms with van der Waals surface area (Å²) in [5.41, 5.74) is 1.08. The van der Waals surface area contributed by atoms with E-state index in [1.54, 1.807) is 23.5 Å². The van der Waals surface area contributed by atoms with Crippen LogP contribution < -0.4 is 10.6 Å². The molecule has 0 fully saturated rings. The van der Waals surface area contributed by atoms with Crippen LogP contribution in [0.4, 0.5) is 0 Å². The lowest BCUT2D eigenvalue weighted by molar-refractivity contribution is -0.121. The third-order valence-electron chi connectivity index (χ3n) is 3.09. The maximum Gasteiger partial charge on any atom is 0.267 e. The van der Waals surface area contributed by atoms with Crippen LogP contribution in [0.15, 0.2) is 59.6 Å². The predicted molar refractivity (Wildman–Crippen MR) is 99.2 cm³/mol. The number of rotatable bonds is 7. The Kier molecular flexibility index (Phi) is 6.98. The van der Waals surface area contributed by atoms with Gasteiger partial charge in [0.25, 0.3) is 5.91 Å². The van der Waals surface area contributed by atoms with Crippen LogP contribution in [0.2, 0.25) is 0 Å². The molecule has 2 N–H and O–H groups in total. The Bertz CT molecular complexity index is 719. The molecule has 2 aromatic rings. The van der Waals surface area contributed by atoms with Crippen LogP contribution in [0.25, 0.3) is 12.2 Å². The van der Waals surface area contributed by atoms with Crippen LogP contribution in [0, 0.1) is 0 Å². The van der Waals surface area contributed by atoms with Gasteiger partial charge in [0.15, 0.2) is 0 Å². The Balaban J connectivity index is 2.11. The van der Waals surface area contributed by atoms with E-state index >= 15 is 0 Å². The zero-order chi connectivity index (χ0) is 17.2. The van der Waals surface area contributed by atoms with E-state index < -0.39 is 0 Å². The maximum absolute atomic E-state index is 12.3. The highest BCUT2D eigenvalue weighted by molar-refractivity contribution is 7.10. The molecule has 0 unspecified atom stereocenters. The fourth-order valence-corrected chi connectivity index (χ4v) is 2.54. The van der Waals surface area contributed by atoms with E-state index in [0.29, 0.717) is 6.54 Å². The summed E-state index contributed by atoms with van der Waals surface area (Å²) in [5, 5.41) is 7.39. The molecule has 2 rings (SSSR count). The Labute approximate surface area is 145 Å². The highest BCUT2D eigenvalue weighted by atomic mass is 32.1. The van der Waals surface area contributed by atoms with Crippen molar-refractivity contribution in [2.24, 2.45) is 0 Å². The molecule has 2 amide bonds. The summed E-state index contributed by atoms with van der Waals surface area (Å²) in [5.74, 6) is -0.629. The Hall–Kier alpha value is -2.66. The third kappa shape index (κ3) is 5.85. The second-order valence-corrected chi connectivity index (χ2v) is 6.04. The standard InChI is InChI=1S/C19H20N2O2S/c1-2-12-20-19(23)17(14-15-7-4-3-5-8-15)21-18(22)11-10-16-9-6-13-24-16/h3-11,13-14H,2,12H2,1H3,(H,20,23)(H,21,22)/b11-10+,17-14-. The molecule has 0 radical (unpaired) electrons. The lowest BCUT2D eigenvalue weighted by Gasteiger charge is -2.09. The van der Waals surface area contributed by atoms with Crippen molar-refractivity contribution in [1.29, 1.82) is 0 Å². The maximum atomic E-state index is 12.3. The molecular formula is C19H20N2O2S. The van der Waals surface area contributed by atoms with Crippen molar-refractivity contribution in [2.45, 2.75) is 13.3 Å². The molecule has 0 atom stereocenters.